The summed E-state index contributed by atoms with van der Waals surface area (Å²) in [5.74, 6) is 0. The summed E-state index contributed by atoms with van der Waals surface area (Å²) in [5.41, 5.74) is 2.11. The van der Waals surface area contributed by atoms with E-state index >= 15 is 0 Å². The minimum Gasteiger partial charge on any atom is -0.383 e. The van der Waals surface area contributed by atoms with Crippen LogP contribution in [-0.4, -0.2) is 42.1 Å². The minimum absolute atomic E-state index is 0.910. The van der Waals surface area contributed by atoms with E-state index in [9.17, 15) is 0 Å². The van der Waals surface area contributed by atoms with Crippen molar-refractivity contribution in [3.05, 3.63) is 42.9 Å². The van der Waals surface area contributed by atoms with Gasteiger partial charge in [0.15, 0.2) is 0 Å². The van der Waals surface area contributed by atoms with E-state index in [0.717, 1.165) is 29.7 Å². The van der Waals surface area contributed by atoms with Crippen LogP contribution in [0.15, 0.2) is 42.9 Å². The fourth-order valence-electron chi connectivity index (χ4n) is 2.39. The Kier molecular flexibility index (Phi) is 3.48. The van der Waals surface area contributed by atoms with Gasteiger partial charge in [0.25, 0.3) is 0 Å². The van der Waals surface area contributed by atoms with E-state index < -0.39 is 0 Å². The van der Waals surface area contributed by atoms with Gasteiger partial charge >= 0.3 is 0 Å². The third-order valence-electron chi connectivity index (χ3n) is 3.41. The van der Waals surface area contributed by atoms with Crippen molar-refractivity contribution in [3.8, 4) is 0 Å². The van der Waals surface area contributed by atoms with Gasteiger partial charge in [-0.25, -0.2) is 9.97 Å². The van der Waals surface area contributed by atoms with E-state index in [4.69, 9.17) is 0 Å². The van der Waals surface area contributed by atoms with Crippen LogP contribution in [-0.2, 0) is 0 Å². The van der Waals surface area contributed by atoms with Crippen LogP contribution in [0.25, 0.3) is 21.7 Å². The third kappa shape index (κ3) is 2.42. The van der Waals surface area contributed by atoms with E-state index in [1.807, 2.05) is 6.20 Å². The second-order valence-electron chi connectivity index (χ2n) is 5.16. The number of fused-ring (bicyclic) bond motifs is 3. The summed E-state index contributed by atoms with van der Waals surface area (Å²) >= 11 is 0. The van der Waals surface area contributed by atoms with Crippen molar-refractivity contribution < 1.29 is 0 Å². The maximum atomic E-state index is 4.37. The number of anilines is 1. The Bertz CT molecular complexity index is 737. The van der Waals surface area contributed by atoms with Gasteiger partial charge in [0.2, 0.25) is 0 Å². The van der Waals surface area contributed by atoms with Gasteiger partial charge in [0.05, 0.1) is 5.52 Å². The molecule has 0 unspecified atom stereocenters. The standard InChI is InChI=1S/C16H18N4/c1-20(2)8-7-18-15-9-16-14(10-17-11-19-16)12-5-3-4-6-13(12)15/h3-6,9-11,18H,7-8H2,1-2H3. The van der Waals surface area contributed by atoms with Crippen LogP contribution >= 0.6 is 0 Å². The average Bonchev–Trinajstić information content (AvgIpc) is 2.47. The molecular formula is C16H18N4. The Morgan fingerprint density at radius 1 is 1.10 bits per heavy atom. The molecule has 2 aromatic carbocycles. The normalized spacial score (nSPS) is 11.3. The topological polar surface area (TPSA) is 41.0 Å². The first-order chi connectivity index (χ1) is 9.75. The van der Waals surface area contributed by atoms with E-state index in [1.165, 1.54) is 10.8 Å². The molecule has 0 atom stereocenters. The highest BCUT2D eigenvalue weighted by Crippen LogP contribution is 2.30. The second-order valence-corrected chi connectivity index (χ2v) is 5.16. The van der Waals surface area contributed by atoms with Gasteiger partial charge in [-0.05, 0) is 25.5 Å². The van der Waals surface area contributed by atoms with Crippen molar-refractivity contribution in [2.75, 3.05) is 32.5 Å². The molecule has 1 heterocycles. The van der Waals surface area contributed by atoms with Crippen molar-refractivity contribution >= 4 is 27.4 Å². The maximum Gasteiger partial charge on any atom is 0.116 e. The molecule has 0 spiro atoms. The van der Waals surface area contributed by atoms with Crippen molar-refractivity contribution in [3.63, 3.8) is 0 Å². The van der Waals surface area contributed by atoms with E-state index in [-0.39, 0.29) is 0 Å². The first-order valence-electron chi connectivity index (χ1n) is 6.76. The van der Waals surface area contributed by atoms with Crippen molar-refractivity contribution in [2.24, 2.45) is 0 Å². The van der Waals surface area contributed by atoms with Gasteiger partial charge in [-0.15, -0.1) is 0 Å². The molecule has 4 heteroatoms. The first-order valence-corrected chi connectivity index (χ1v) is 6.76. The Balaban J connectivity index is 2.09. The number of rotatable bonds is 4. The molecule has 0 bridgehead atoms. The largest absolute Gasteiger partial charge is 0.383 e. The molecule has 0 aliphatic heterocycles. The second kappa shape index (κ2) is 5.43. The summed E-state index contributed by atoms with van der Waals surface area (Å²) in [5, 5.41) is 7.02. The molecule has 3 rings (SSSR count). The van der Waals surface area contributed by atoms with Crippen molar-refractivity contribution in [2.45, 2.75) is 0 Å². The molecule has 1 N–H and O–H groups in total. The number of likely N-dealkylation sites (N-methyl/N-ethyl adjacent to an activating group) is 1. The molecule has 0 amide bonds. The molecular weight excluding hydrogens is 248 g/mol. The van der Waals surface area contributed by atoms with Crippen LogP contribution in [0.4, 0.5) is 5.69 Å². The SMILES string of the molecule is CN(C)CCNc1cc2ncncc2c2ccccc12. The van der Waals surface area contributed by atoms with Gasteiger partial charge < -0.3 is 10.2 Å². The highest BCUT2D eigenvalue weighted by Gasteiger charge is 2.06. The predicted molar refractivity (Wildman–Crippen MR) is 84.1 cm³/mol. The minimum atomic E-state index is 0.910. The number of nitrogens with zero attached hydrogens (tertiary/aromatic N) is 3. The highest BCUT2D eigenvalue weighted by molar-refractivity contribution is 6.11. The number of hydrogen-bond acceptors (Lipinski definition) is 4. The van der Waals surface area contributed by atoms with E-state index in [0.29, 0.717) is 0 Å². The molecule has 0 saturated heterocycles. The summed E-state index contributed by atoms with van der Waals surface area (Å²) < 4.78 is 0. The van der Waals surface area contributed by atoms with Crippen molar-refractivity contribution in [1.82, 2.24) is 14.9 Å². The summed E-state index contributed by atoms with van der Waals surface area (Å²) in [6.45, 7) is 1.91. The van der Waals surface area contributed by atoms with Crippen molar-refractivity contribution in [1.29, 1.82) is 0 Å². The highest BCUT2D eigenvalue weighted by atomic mass is 15.1. The van der Waals surface area contributed by atoms with E-state index in [1.54, 1.807) is 6.33 Å². The van der Waals surface area contributed by atoms with Crippen LogP contribution in [0, 0.1) is 0 Å². The van der Waals surface area contributed by atoms with Crippen LogP contribution < -0.4 is 5.32 Å². The lowest BCUT2D eigenvalue weighted by molar-refractivity contribution is 0.425. The fourth-order valence-corrected chi connectivity index (χ4v) is 2.39. The lowest BCUT2D eigenvalue weighted by atomic mass is 10.0. The Labute approximate surface area is 118 Å². The molecule has 4 nitrogen and oxygen atoms in total. The Hall–Kier alpha value is -2.20. The van der Waals surface area contributed by atoms with Crippen LogP contribution in [0.3, 0.4) is 0 Å². The van der Waals surface area contributed by atoms with Gasteiger partial charge in [-0.1, -0.05) is 24.3 Å². The predicted octanol–water partition coefficient (Wildman–Crippen LogP) is 2.76. The smallest absolute Gasteiger partial charge is 0.116 e. The number of benzene rings is 2. The number of nitrogens with one attached hydrogen (secondary N) is 1. The monoisotopic (exact) mass is 266 g/mol. The zero-order valence-corrected chi connectivity index (χ0v) is 11.8. The summed E-state index contributed by atoms with van der Waals surface area (Å²) in [7, 11) is 4.15. The van der Waals surface area contributed by atoms with Crippen LogP contribution in [0.2, 0.25) is 0 Å². The average molecular weight is 266 g/mol. The lowest BCUT2D eigenvalue weighted by Gasteiger charge is -2.14. The zero-order chi connectivity index (χ0) is 13.9. The molecule has 20 heavy (non-hydrogen) atoms. The maximum absolute atomic E-state index is 4.37. The fraction of sp³-hybridized carbons (Fsp3) is 0.250. The van der Waals surface area contributed by atoms with E-state index in [2.05, 4.69) is 64.6 Å². The molecule has 0 saturated carbocycles. The molecule has 1 aromatic heterocycles. The van der Waals surface area contributed by atoms with Crippen LogP contribution in [0.1, 0.15) is 0 Å². The summed E-state index contributed by atoms with van der Waals surface area (Å²) in [6.07, 6.45) is 3.48. The number of aromatic nitrogens is 2. The Morgan fingerprint density at radius 3 is 2.70 bits per heavy atom. The summed E-state index contributed by atoms with van der Waals surface area (Å²) in [4.78, 5) is 10.7. The van der Waals surface area contributed by atoms with Gasteiger partial charge in [-0.2, -0.15) is 0 Å². The van der Waals surface area contributed by atoms with Crippen LogP contribution in [0.5, 0.6) is 0 Å². The molecule has 3 aromatic rings. The molecule has 102 valence electrons. The van der Waals surface area contributed by atoms with Gasteiger partial charge in [0, 0.05) is 35.7 Å². The van der Waals surface area contributed by atoms with Gasteiger partial charge in [-0.3, -0.25) is 0 Å². The molecule has 0 radical (unpaired) electrons. The Morgan fingerprint density at radius 2 is 1.90 bits per heavy atom. The quantitative estimate of drug-likeness (QED) is 0.737. The summed E-state index contributed by atoms with van der Waals surface area (Å²) in [6, 6.07) is 10.5. The third-order valence-corrected chi connectivity index (χ3v) is 3.41. The molecule has 0 fully saturated rings. The zero-order valence-electron chi connectivity index (χ0n) is 11.8. The number of hydrogen-bond donors (Lipinski definition) is 1. The lowest BCUT2D eigenvalue weighted by Crippen LogP contribution is -2.20. The molecule has 0 aliphatic rings. The first kappa shape index (κ1) is 12.8. The molecule has 0 aliphatic carbocycles. The van der Waals surface area contributed by atoms with Gasteiger partial charge in [0.1, 0.15) is 6.33 Å².